The van der Waals surface area contributed by atoms with Gasteiger partial charge in [0.2, 0.25) is 5.82 Å². The van der Waals surface area contributed by atoms with Crippen molar-refractivity contribution in [3.8, 4) is 0 Å². The largest absolute Gasteiger partial charge is 0.364 e. The summed E-state index contributed by atoms with van der Waals surface area (Å²) in [7, 11) is 0. The van der Waals surface area contributed by atoms with Gasteiger partial charge in [-0.15, -0.1) is 0 Å². The number of halogens is 1. The number of anilines is 1. The van der Waals surface area contributed by atoms with Gasteiger partial charge in [0, 0.05) is 16.5 Å². The Labute approximate surface area is 124 Å². The van der Waals surface area contributed by atoms with Gasteiger partial charge < -0.3 is 5.32 Å². The van der Waals surface area contributed by atoms with Gasteiger partial charge in [0.25, 0.3) is 0 Å². The van der Waals surface area contributed by atoms with Crippen molar-refractivity contribution in [2.45, 2.75) is 16.8 Å². The molecule has 1 N–H and O–H groups in total. The third-order valence-corrected chi connectivity index (χ3v) is 3.54. The number of aromatic nitrogens is 2. The fraction of sp³-hybridized carbons (Fsp3) is 0.167. The van der Waals surface area contributed by atoms with Crippen molar-refractivity contribution in [1.82, 2.24) is 9.97 Å². The molecule has 1 aromatic heterocycles. The molecule has 0 saturated carbocycles. The first-order valence-corrected chi connectivity index (χ1v) is 6.98. The van der Waals surface area contributed by atoms with Gasteiger partial charge in [-0.3, -0.25) is 10.1 Å². The molecule has 0 saturated heterocycles. The van der Waals surface area contributed by atoms with Crippen LogP contribution in [0.4, 0.5) is 11.5 Å². The first-order chi connectivity index (χ1) is 9.61. The summed E-state index contributed by atoms with van der Waals surface area (Å²) in [5, 5.41) is 14.9. The summed E-state index contributed by atoms with van der Waals surface area (Å²) < 4.78 is 0. The van der Waals surface area contributed by atoms with E-state index in [0.717, 1.165) is 4.90 Å². The molecule has 0 bridgehead atoms. The Balaban J connectivity index is 2.40. The molecule has 0 amide bonds. The minimum absolute atomic E-state index is 0.126. The molecule has 0 unspecified atom stereocenters. The lowest BCUT2D eigenvalue weighted by molar-refractivity contribution is -0.387. The van der Waals surface area contributed by atoms with Crippen LogP contribution < -0.4 is 5.32 Å². The lowest BCUT2D eigenvalue weighted by atomic mass is 10.4. The molecule has 0 fully saturated rings. The topological polar surface area (TPSA) is 81.0 Å². The van der Waals surface area contributed by atoms with E-state index in [1.807, 2.05) is 13.0 Å². The molecule has 8 heteroatoms. The molecule has 0 aliphatic heterocycles. The van der Waals surface area contributed by atoms with Gasteiger partial charge in [-0.2, -0.15) is 0 Å². The van der Waals surface area contributed by atoms with Crippen molar-refractivity contribution in [2.75, 3.05) is 11.9 Å². The van der Waals surface area contributed by atoms with Crippen molar-refractivity contribution in [2.24, 2.45) is 0 Å². The Morgan fingerprint density at radius 1 is 1.45 bits per heavy atom. The Hall–Kier alpha value is -1.86. The van der Waals surface area contributed by atoms with Gasteiger partial charge in [0.15, 0.2) is 5.03 Å². The normalized spacial score (nSPS) is 10.3. The third kappa shape index (κ3) is 3.37. The van der Waals surface area contributed by atoms with E-state index < -0.39 is 4.92 Å². The van der Waals surface area contributed by atoms with E-state index in [9.17, 15) is 10.1 Å². The van der Waals surface area contributed by atoms with Crippen molar-refractivity contribution < 1.29 is 4.92 Å². The standard InChI is InChI=1S/C12H11ClN4O2S/c1-2-14-11-10(17(18)19)12(16-7-15-11)20-9-5-3-4-8(13)6-9/h3-7H,2H2,1H3,(H,14,15,16). The lowest BCUT2D eigenvalue weighted by Gasteiger charge is -2.06. The predicted molar refractivity (Wildman–Crippen MR) is 78.4 cm³/mol. The lowest BCUT2D eigenvalue weighted by Crippen LogP contribution is -2.05. The van der Waals surface area contributed by atoms with Crippen molar-refractivity contribution in [1.29, 1.82) is 0 Å². The summed E-state index contributed by atoms with van der Waals surface area (Å²) >= 11 is 7.08. The van der Waals surface area contributed by atoms with Crippen LogP contribution in [0.2, 0.25) is 5.02 Å². The summed E-state index contributed by atoms with van der Waals surface area (Å²) in [5.74, 6) is 0.219. The second-order valence-corrected chi connectivity index (χ2v) is 5.22. The molecule has 104 valence electrons. The van der Waals surface area contributed by atoms with Crippen molar-refractivity contribution >= 4 is 34.9 Å². The number of nitrogens with one attached hydrogen (secondary N) is 1. The van der Waals surface area contributed by atoms with Gasteiger partial charge in [0.1, 0.15) is 6.33 Å². The molecule has 2 aromatic rings. The molecule has 0 aliphatic rings. The molecular weight excluding hydrogens is 300 g/mol. The van der Waals surface area contributed by atoms with Crippen LogP contribution in [0.15, 0.2) is 40.5 Å². The van der Waals surface area contributed by atoms with Crippen LogP contribution in [-0.4, -0.2) is 21.4 Å². The fourth-order valence-corrected chi connectivity index (χ4v) is 2.72. The fourth-order valence-electron chi connectivity index (χ4n) is 1.54. The smallest absolute Gasteiger partial charge is 0.343 e. The first-order valence-electron chi connectivity index (χ1n) is 5.78. The van der Waals surface area contributed by atoms with Crippen LogP contribution in [-0.2, 0) is 0 Å². The molecule has 1 aromatic carbocycles. The van der Waals surface area contributed by atoms with E-state index in [1.54, 1.807) is 18.2 Å². The quantitative estimate of drug-likeness (QED) is 0.516. The Bertz CT molecular complexity index is 639. The number of nitro groups is 1. The third-order valence-electron chi connectivity index (χ3n) is 2.33. The maximum Gasteiger partial charge on any atom is 0.343 e. The molecule has 0 radical (unpaired) electrons. The van der Waals surface area contributed by atoms with Crippen LogP contribution in [0.3, 0.4) is 0 Å². The minimum Gasteiger partial charge on any atom is -0.364 e. The average Bonchev–Trinajstić information content (AvgIpc) is 2.39. The van der Waals surface area contributed by atoms with E-state index in [1.165, 1.54) is 18.1 Å². The van der Waals surface area contributed by atoms with Gasteiger partial charge in [-0.25, -0.2) is 9.97 Å². The SMILES string of the molecule is CCNc1ncnc(Sc2cccc(Cl)c2)c1[N+](=O)[O-]. The van der Waals surface area contributed by atoms with E-state index in [-0.39, 0.29) is 16.5 Å². The Morgan fingerprint density at radius 3 is 2.90 bits per heavy atom. The monoisotopic (exact) mass is 310 g/mol. The number of hydrogen-bond acceptors (Lipinski definition) is 6. The zero-order chi connectivity index (χ0) is 14.5. The highest BCUT2D eigenvalue weighted by Crippen LogP contribution is 2.36. The highest BCUT2D eigenvalue weighted by atomic mass is 35.5. The highest BCUT2D eigenvalue weighted by Gasteiger charge is 2.23. The second-order valence-electron chi connectivity index (χ2n) is 3.72. The Kier molecular flexibility index (Phi) is 4.75. The zero-order valence-corrected chi connectivity index (χ0v) is 12.1. The summed E-state index contributed by atoms with van der Waals surface area (Å²) in [6, 6.07) is 7.06. The molecule has 1 heterocycles. The van der Waals surface area contributed by atoms with Crippen LogP contribution in [0.25, 0.3) is 0 Å². The van der Waals surface area contributed by atoms with E-state index in [2.05, 4.69) is 15.3 Å². The number of benzene rings is 1. The van der Waals surface area contributed by atoms with Crippen molar-refractivity contribution in [3.05, 3.63) is 45.7 Å². The number of rotatable bonds is 5. The predicted octanol–water partition coefficient (Wildman–Crippen LogP) is 3.62. The number of nitrogens with zero attached hydrogens (tertiary/aromatic N) is 3. The maximum atomic E-state index is 11.2. The van der Waals surface area contributed by atoms with Crippen LogP contribution in [0.1, 0.15) is 6.92 Å². The van der Waals surface area contributed by atoms with E-state index in [4.69, 9.17) is 11.6 Å². The molecule has 0 atom stereocenters. The van der Waals surface area contributed by atoms with Crippen LogP contribution in [0.5, 0.6) is 0 Å². The van der Waals surface area contributed by atoms with Gasteiger partial charge in [-0.05, 0) is 25.1 Å². The molecular formula is C12H11ClN4O2S. The number of hydrogen-bond donors (Lipinski definition) is 1. The highest BCUT2D eigenvalue weighted by molar-refractivity contribution is 7.99. The van der Waals surface area contributed by atoms with Crippen molar-refractivity contribution in [3.63, 3.8) is 0 Å². The minimum atomic E-state index is -0.481. The van der Waals surface area contributed by atoms with Crippen LogP contribution in [0, 0.1) is 10.1 Å². The van der Waals surface area contributed by atoms with Gasteiger partial charge in [-0.1, -0.05) is 29.4 Å². The van der Waals surface area contributed by atoms with Gasteiger partial charge in [0.05, 0.1) is 4.92 Å². The summed E-state index contributed by atoms with van der Waals surface area (Å²) in [5.41, 5.74) is -0.126. The molecule has 20 heavy (non-hydrogen) atoms. The summed E-state index contributed by atoms with van der Waals surface area (Å²) in [6.45, 7) is 2.38. The zero-order valence-electron chi connectivity index (χ0n) is 10.5. The molecule has 2 rings (SSSR count). The second kappa shape index (κ2) is 6.53. The molecule has 0 spiro atoms. The first kappa shape index (κ1) is 14.5. The molecule has 6 nitrogen and oxygen atoms in total. The molecule has 0 aliphatic carbocycles. The Morgan fingerprint density at radius 2 is 2.25 bits per heavy atom. The van der Waals surface area contributed by atoms with Gasteiger partial charge >= 0.3 is 5.69 Å². The van der Waals surface area contributed by atoms with E-state index in [0.29, 0.717) is 11.6 Å². The van der Waals surface area contributed by atoms with Crippen LogP contribution >= 0.6 is 23.4 Å². The average molecular weight is 311 g/mol. The summed E-state index contributed by atoms with van der Waals surface area (Å²) in [6.07, 6.45) is 1.30. The summed E-state index contributed by atoms with van der Waals surface area (Å²) in [4.78, 5) is 19.4. The maximum absolute atomic E-state index is 11.2. The van der Waals surface area contributed by atoms with E-state index >= 15 is 0 Å².